The molecule has 2 amide bonds. The summed E-state index contributed by atoms with van der Waals surface area (Å²) >= 11 is 0. The molecule has 5 nitrogen and oxygen atoms in total. The largest absolute Gasteiger partial charge is 0.399 e. The van der Waals surface area contributed by atoms with Crippen molar-refractivity contribution in [2.75, 3.05) is 16.4 Å². The second-order valence-corrected chi connectivity index (χ2v) is 5.68. The van der Waals surface area contributed by atoms with Crippen LogP contribution < -0.4 is 16.4 Å². The lowest BCUT2D eigenvalue weighted by molar-refractivity contribution is -0.116. The summed E-state index contributed by atoms with van der Waals surface area (Å²) in [5.74, 6) is -0.143. The molecule has 2 rings (SSSR count). The lowest BCUT2D eigenvalue weighted by Crippen LogP contribution is -2.14. The zero-order chi connectivity index (χ0) is 17.5. The molecule has 0 atom stereocenters. The molecule has 0 aliphatic carbocycles. The van der Waals surface area contributed by atoms with E-state index in [1.54, 1.807) is 13.0 Å². The highest BCUT2D eigenvalue weighted by atomic mass is 35.5. The first-order valence-corrected chi connectivity index (χ1v) is 8.03. The highest BCUT2D eigenvalue weighted by molar-refractivity contribution is 5.94. The minimum absolute atomic E-state index is 0. The van der Waals surface area contributed by atoms with E-state index in [4.69, 9.17) is 5.73 Å². The van der Waals surface area contributed by atoms with Crippen LogP contribution >= 0.6 is 12.4 Å². The predicted octanol–water partition coefficient (Wildman–Crippen LogP) is 3.92. The van der Waals surface area contributed by atoms with Crippen LogP contribution in [0, 0.1) is 6.92 Å². The quantitative estimate of drug-likeness (QED) is 0.682. The summed E-state index contributed by atoms with van der Waals surface area (Å²) in [6, 6.07) is 13.0. The number of amides is 2. The van der Waals surface area contributed by atoms with Crippen molar-refractivity contribution in [1.82, 2.24) is 0 Å². The van der Waals surface area contributed by atoms with Gasteiger partial charge >= 0.3 is 0 Å². The molecule has 25 heavy (non-hydrogen) atoms. The Morgan fingerprint density at radius 3 is 2.44 bits per heavy atom. The number of halogens is 1. The van der Waals surface area contributed by atoms with Crippen LogP contribution in [0.25, 0.3) is 0 Å². The van der Waals surface area contributed by atoms with E-state index in [0.29, 0.717) is 36.3 Å². The number of carbonyl (C=O) groups excluding carboxylic acids is 2. The lowest BCUT2D eigenvalue weighted by Gasteiger charge is -2.12. The number of rotatable bonds is 6. The van der Waals surface area contributed by atoms with Crippen LogP contribution in [0.2, 0.25) is 0 Å². The SMILES string of the molecule is CCC(=O)Nc1ccc(C)c(NC(=O)CCc2ccccc2N)c1.Cl. The smallest absolute Gasteiger partial charge is 0.224 e. The fourth-order valence-electron chi connectivity index (χ4n) is 2.31. The maximum absolute atomic E-state index is 12.2. The van der Waals surface area contributed by atoms with Gasteiger partial charge in [0.1, 0.15) is 0 Å². The summed E-state index contributed by atoms with van der Waals surface area (Å²) in [7, 11) is 0. The number of para-hydroxylation sites is 1. The third-order valence-electron chi connectivity index (χ3n) is 3.79. The molecule has 6 heteroatoms. The summed E-state index contributed by atoms with van der Waals surface area (Å²) in [6.45, 7) is 3.71. The van der Waals surface area contributed by atoms with Crippen LogP contribution in [0.4, 0.5) is 17.1 Å². The molecule has 0 aliphatic rings. The van der Waals surface area contributed by atoms with Gasteiger partial charge in [-0.3, -0.25) is 9.59 Å². The van der Waals surface area contributed by atoms with Crippen molar-refractivity contribution in [3.05, 3.63) is 53.6 Å². The average molecular weight is 362 g/mol. The number of carbonyl (C=O) groups is 2. The molecule has 0 saturated heterocycles. The van der Waals surface area contributed by atoms with Gasteiger partial charge in [-0.2, -0.15) is 0 Å². The number of hydrogen-bond donors (Lipinski definition) is 3. The van der Waals surface area contributed by atoms with Gasteiger partial charge in [0.25, 0.3) is 0 Å². The maximum Gasteiger partial charge on any atom is 0.224 e. The zero-order valence-electron chi connectivity index (χ0n) is 14.5. The van der Waals surface area contributed by atoms with Crippen LogP contribution in [0.3, 0.4) is 0 Å². The Morgan fingerprint density at radius 1 is 1.04 bits per heavy atom. The summed E-state index contributed by atoms with van der Waals surface area (Å²) in [5.41, 5.74) is 9.88. The van der Waals surface area contributed by atoms with E-state index in [0.717, 1.165) is 11.1 Å². The van der Waals surface area contributed by atoms with Crippen LogP contribution in [0.5, 0.6) is 0 Å². The number of hydrogen-bond acceptors (Lipinski definition) is 3. The third kappa shape index (κ3) is 6.12. The monoisotopic (exact) mass is 361 g/mol. The van der Waals surface area contributed by atoms with E-state index in [-0.39, 0.29) is 24.2 Å². The normalized spacial score (nSPS) is 9.84. The summed E-state index contributed by atoms with van der Waals surface area (Å²) in [5, 5.41) is 5.69. The average Bonchev–Trinajstić information content (AvgIpc) is 2.57. The Balaban J connectivity index is 0.00000312. The van der Waals surface area contributed by atoms with Gasteiger partial charge < -0.3 is 16.4 Å². The van der Waals surface area contributed by atoms with E-state index < -0.39 is 0 Å². The molecule has 0 bridgehead atoms. The molecular weight excluding hydrogens is 338 g/mol. The Labute approximate surface area is 154 Å². The van der Waals surface area contributed by atoms with Crippen molar-refractivity contribution < 1.29 is 9.59 Å². The second-order valence-electron chi connectivity index (χ2n) is 5.68. The van der Waals surface area contributed by atoms with Gasteiger partial charge in [0, 0.05) is 29.9 Å². The summed E-state index contributed by atoms with van der Waals surface area (Å²) < 4.78 is 0. The Bertz CT molecular complexity index is 747. The van der Waals surface area contributed by atoms with Gasteiger partial charge in [-0.25, -0.2) is 0 Å². The first-order valence-electron chi connectivity index (χ1n) is 8.03. The Morgan fingerprint density at radius 2 is 1.76 bits per heavy atom. The second kappa shape index (κ2) is 9.69. The molecule has 0 aromatic heterocycles. The highest BCUT2D eigenvalue weighted by Crippen LogP contribution is 2.21. The minimum Gasteiger partial charge on any atom is -0.399 e. The predicted molar refractivity (Wildman–Crippen MR) is 105 cm³/mol. The van der Waals surface area contributed by atoms with E-state index in [9.17, 15) is 9.59 Å². The van der Waals surface area contributed by atoms with Crippen molar-refractivity contribution in [3.8, 4) is 0 Å². The number of nitrogens with two attached hydrogens (primary N) is 1. The molecule has 0 spiro atoms. The molecule has 0 unspecified atom stereocenters. The molecule has 4 N–H and O–H groups in total. The molecule has 2 aromatic carbocycles. The van der Waals surface area contributed by atoms with E-state index in [2.05, 4.69) is 10.6 Å². The van der Waals surface area contributed by atoms with Crippen molar-refractivity contribution in [3.63, 3.8) is 0 Å². The number of nitrogens with one attached hydrogen (secondary N) is 2. The topological polar surface area (TPSA) is 84.2 Å². The van der Waals surface area contributed by atoms with Crippen LogP contribution in [0.15, 0.2) is 42.5 Å². The van der Waals surface area contributed by atoms with Crippen molar-refractivity contribution >= 4 is 41.3 Å². The Kier molecular flexibility index (Phi) is 7.95. The minimum atomic E-state index is -0.0830. The van der Waals surface area contributed by atoms with Gasteiger partial charge in [-0.1, -0.05) is 31.2 Å². The third-order valence-corrected chi connectivity index (χ3v) is 3.79. The first-order chi connectivity index (χ1) is 11.5. The first kappa shape index (κ1) is 20.5. The van der Waals surface area contributed by atoms with E-state index in [1.165, 1.54) is 0 Å². The molecule has 0 heterocycles. The van der Waals surface area contributed by atoms with Crippen molar-refractivity contribution in [2.45, 2.75) is 33.1 Å². The van der Waals surface area contributed by atoms with Gasteiger partial charge in [0.05, 0.1) is 0 Å². The maximum atomic E-state index is 12.2. The number of nitrogen functional groups attached to an aromatic ring is 1. The molecule has 0 aliphatic heterocycles. The lowest BCUT2D eigenvalue weighted by atomic mass is 10.1. The number of benzene rings is 2. The molecule has 0 saturated carbocycles. The van der Waals surface area contributed by atoms with Crippen LogP contribution in [-0.4, -0.2) is 11.8 Å². The van der Waals surface area contributed by atoms with Gasteiger partial charge in [-0.15, -0.1) is 12.4 Å². The molecule has 0 radical (unpaired) electrons. The zero-order valence-corrected chi connectivity index (χ0v) is 15.3. The molecular formula is C19H24ClN3O2. The summed E-state index contributed by atoms with van der Waals surface area (Å²) in [4.78, 5) is 23.7. The summed E-state index contributed by atoms with van der Waals surface area (Å²) in [6.07, 6.45) is 1.34. The molecule has 134 valence electrons. The van der Waals surface area contributed by atoms with Crippen molar-refractivity contribution in [2.24, 2.45) is 0 Å². The van der Waals surface area contributed by atoms with Crippen LogP contribution in [-0.2, 0) is 16.0 Å². The fourth-order valence-corrected chi connectivity index (χ4v) is 2.31. The standard InChI is InChI=1S/C19H23N3O2.ClH/c1-3-18(23)21-15-10-8-13(2)17(12-15)22-19(24)11-9-14-6-4-5-7-16(14)20;/h4-8,10,12H,3,9,11,20H2,1-2H3,(H,21,23)(H,22,24);1H. The van der Waals surface area contributed by atoms with Crippen molar-refractivity contribution in [1.29, 1.82) is 0 Å². The van der Waals surface area contributed by atoms with Gasteiger partial charge in [0.2, 0.25) is 11.8 Å². The Hall–Kier alpha value is -2.53. The van der Waals surface area contributed by atoms with E-state index in [1.807, 2.05) is 43.3 Å². The molecule has 2 aromatic rings. The van der Waals surface area contributed by atoms with Gasteiger partial charge in [0.15, 0.2) is 0 Å². The fraction of sp³-hybridized carbons (Fsp3) is 0.263. The van der Waals surface area contributed by atoms with Crippen LogP contribution in [0.1, 0.15) is 30.9 Å². The molecule has 0 fully saturated rings. The number of aryl methyl sites for hydroxylation is 2. The van der Waals surface area contributed by atoms with E-state index >= 15 is 0 Å². The number of anilines is 3. The highest BCUT2D eigenvalue weighted by Gasteiger charge is 2.08. The van der Waals surface area contributed by atoms with Gasteiger partial charge in [-0.05, 0) is 42.7 Å².